The number of nitrogens with zero attached hydrogens (tertiary/aromatic N) is 2. The van der Waals surface area contributed by atoms with Crippen LogP contribution in [-0.2, 0) is 0 Å². The molecule has 1 aliphatic carbocycles. The minimum absolute atomic E-state index is 0.493. The van der Waals surface area contributed by atoms with Crippen molar-refractivity contribution in [3.05, 3.63) is 59.7 Å². The van der Waals surface area contributed by atoms with Crippen LogP contribution >= 0.6 is 11.6 Å². The molecule has 3 heteroatoms. The highest BCUT2D eigenvalue weighted by Gasteiger charge is 2.22. The number of allylic oxidation sites excluding steroid dienone is 1. The first kappa shape index (κ1) is 15.2. The molecule has 0 aliphatic heterocycles. The third-order valence-electron chi connectivity index (χ3n) is 4.54. The van der Waals surface area contributed by atoms with Crippen molar-refractivity contribution in [2.75, 3.05) is 0 Å². The van der Waals surface area contributed by atoms with Gasteiger partial charge in [-0.3, -0.25) is 0 Å². The zero-order valence-electron chi connectivity index (χ0n) is 12.9. The van der Waals surface area contributed by atoms with Gasteiger partial charge in [0.15, 0.2) is 0 Å². The Morgan fingerprint density at radius 1 is 0.955 bits per heavy atom. The molecule has 1 aromatic heterocycles. The highest BCUT2D eigenvalue weighted by molar-refractivity contribution is 6.25. The quantitative estimate of drug-likeness (QED) is 0.750. The van der Waals surface area contributed by atoms with Crippen LogP contribution in [0.2, 0.25) is 0 Å². The van der Waals surface area contributed by atoms with Gasteiger partial charge >= 0.3 is 0 Å². The molecule has 0 bridgehead atoms. The molecule has 3 rings (SSSR count). The summed E-state index contributed by atoms with van der Waals surface area (Å²) in [5.74, 6) is 2.11. The highest BCUT2D eigenvalue weighted by atomic mass is 35.5. The van der Waals surface area contributed by atoms with Gasteiger partial charge in [0.05, 0.1) is 0 Å². The molecule has 2 aromatic rings. The van der Waals surface area contributed by atoms with Crippen molar-refractivity contribution in [3.8, 4) is 11.1 Å². The molecular weight excluding hydrogens is 292 g/mol. The molecular formula is C19H21ClN2. The van der Waals surface area contributed by atoms with Gasteiger partial charge in [-0.2, -0.15) is 0 Å². The van der Waals surface area contributed by atoms with E-state index in [1.54, 1.807) is 5.54 Å². The third kappa shape index (κ3) is 3.56. The molecule has 0 spiro atoms. The molecule has 1 fully saturated rings. The van der Waals surface area contributed by atoms with Crippen molar-refractivity contribution in [2.24, 2.45) is 5.92 Å². The van der Waals surface area contributed by atoms with Crippen LogP contribution in [0.3, 0.4) is 0 Å². The van der Waals surface area contributed by atoms with Gasteiger partial charge in [0, 0.05) is 29.4 Å². The van der Waals surface area contributed by atoms with E-state index in [2.05, 4.69) is 47.2 Å². The number of rotatable bonds is 3. The molecule has 114 valence electrons. The smallest absolute Gasteiger partial charge is 0.131 e. The summed E-state index contributed by atoms with van der Waals surface area (Å²) in [6.07, 6.45) is 10.7. The third-order valence-corrected chi connectivity index (χ3v) is 4.68. The number of hydrogen-bond acceptors (Lipinski definition) is 2. The van der Waals surface area contributed by atoms with Crippen LogP contribution in [0.25, 0.3) is 11.1 Å². The summed E-state index contributed by atoms with van der Waals surface area (Å²) in [5.41, 5.74) is 5.18. The fraction of sp³-hybridized carbons (Fsp3) is 0.368. The van der Waals surface area contributed by atoms with Gasteiger partial charge in [0.2, 0.25) is 0 Å². The lowest BCUT2D eigenvalue weighted by atomic mass is 9.81. The summed E-state index contributed by atoms with van der Waals surface area (Å²) < 4.78 is 0. The van der Waals surface area contributed by atoms with E-state index < -0.39 is 0 Å². The maximum Gasteiger partial charge on any atom is 0.131 e. The second-order valence-electron chi connectivity index (χ2n) is 6.13. The Hall–Kier alpha value is -1.67. The first-order valence-electron chi connectivity index (χ1n) is 7.92. The van der Waals surface area contributed by atoms with E-state index in [4.69, 9.17) is 11.6 Å². The first-order chi connectivity index (χ1) is 10.8. The summed E-state index contributed by atoms with van der Waals surface area (Å²) in [5, 5.41) is 0. The fourth-order valence-electron chi connectivity index (χ4n) is 3.12. The van der Waals surface area contributed by atoms with Gasteiger partial charge in [-0.05, 0) is 44.1 Å². The molecule has 1 aliphatic rings. The zero-order chi connectivity index (χ0) is 15.4. The standard InChI is InChI=1S/C19H21ClN2/c1-14-2-6-16(7-3-14)18-12-21-19(22-13-18)17-8-4-15(5-9-17)10-11-20/h2-3,6-7,10-13,15,17H,4-5,8-9H2,1H3/b11-10+/t15-,17-. The van der Waals surface area contributed by atoms with Crippen LogP contribution in [0, 0.1) is 12.8 Å². The largest absolute Gasteiger partial charge is 0.240 e. The van der Waals surface area contributed by atoms with Crippen molar-refractivity contribution in [2.45, 2.75) is 38.5 Å². The summed E-state index contributed by atoms with van der Waals surface area (Å²) in [7, 11) is 0. The van der Waals surface area contributed by atoms with E-state index in [9.17, 15) is 0 Å². The summed E-state index contributed by atoms with van der Waals surface area (Å²) in [6, 6.07) is 8.48. The van der Waals surface area contributed by atoms with E-state index >= 15 is 0 Å². The average Bonchev–Trinajstić information content (AvgIpc) is 2.57. The maximum absolute atomic E-state index is 5.67. The molecule has 0 atom stereocenters. The number of aryl methyl sites for hydroxylation is 1. The zero-order valence-corrected chi connectivity index (χ0v) is 13.6. The topological polar surface area (TPSA) is 25.8 Å². The molecule has 0 amide bonds. The van der Waals surface area contributed by atoms with Gasteiger partial charge in [0.1, 0.15) is 5.82 Å². The van der Waals surface area contributed by atoms with Gasteiger partial charge in [0.25, 0.3) is 0 Å². The van der Waals surface area contributed by atoms with E-state index in [0.717, 1.165) is 24.2 Å². The van der Waals surface area contributed by atoms with E-state index in [1.807, 2.05) is 12.4 Å². The van der Waals surface area contributed by atoms with Gasteiger partial charge < -0.3 is 0 Å². The Morgan fingerprint density at radius 3 is 2.18 bits per heavy atom. The molecule has 1 saturated carbocycles. The molecule has 1 aromatic carbocycles. The maximum atomic E-state index is 5.67. The minimum atomic E-state index is 0.493. The second kappa shape index (κ2) is 7.06. The SMILES string of the molecule is Cc1ccc(-c2cnc([C@H]3CC[C@H](/C=C/Cl)CC3)nc2)cc1. The van der Waals surface area contributed by atoms with E-state index in [-0.39, 0.29) is 0 Å². The van der Waals surface area contributed by atoms with Crippen molar-refractivity contribution < 1.29 is 0 Å². The molecule has 0 unspecified atom stereocenters. The monoisotopic (exact) mass is 312 g/mol. The Bertz CT molecular complexity index is 623. The average molecular weight is 313 g/mol. The van der Waals surface area contributed by atoms with Crippen LogP contribution in [0.5, 0.6) is 0 Å². The number of hydrogen-bond donors (Lipinski definition) is 0. The second-order valence-corrected chi connectivity index (χ2v) is 6.38. The van der Waals surface area contributed by atoms with Crippen molar-refractivity contribution in [3.63, 3.8) is 0 Å². The van der Waals surface area contributed by atoms with Crippen LogP contribution in [-0.4, -0.2) is 9.97 Å². The summed E-state index contributed by atoms with van der Waals surface area (Å²) in [6.45, 7) is 2.10. The van der Waals surface area contributed by atoms with Gasteiger partial charge in [-0.25, -0.2) is 9.97 Å². The molecule has 22 heavy (non-hydrogen) atoms. The van der Waals surface area contributed by atoms with Gasteiger partial charge in [-0.1, -0.05) is 47.5 Å². The van der Waals surface area contributed by atoms with Crippen LogP contribution < -0.4 is 0 Å². The summed E-state index contributed by atoms with van der Waals surface area (Å²) in [4.78, 5) is 9.23. The molecule has 2 nitrogen and oxygen atoms in total. The Morgan fingerprint density at radius 2 is 1.59 bits per heavy atom. The Labute approximate surface area is 137 Å². The Kier molecular flexibility index (Phi) is 4.89. The van der Waals surface area contributed by atoms with E-state index in [1.165, 1.54) is 24.0 Å². The number of aromatic nitrogens is 2. The Balaban J connectivity index is 1.68. The lowest BCUT2D eigenvalue weighted by Crippen LogP contribution is -2.13. The fourth-order valence-corrected chi connectivity index (χ4v) is 3.32. The molecule has 0 saturated heterocycles. The van der Waals surface area contributed by atoms with Crippen LogP contribution in [0.15, 0.2) is 48.3 Å². The lowest BCUT2D eigenvalue weighted by Gasteiger charge is -2.25. The van der Waals surface area contributed by atoms with E-state index in [0.29, 0.717) is 11.8 Å². The number of halogens is 1. The predicted octanol–water partition coefficient (Wildman–Crippen LogP) is 5.48. The minimum Gasteiger partial charge on any atom is -0.240 e. The molecule has 1 heterocycles. The van der Waals surface area contributed by atoms with Crippen molar-refractivity contribution >= 4 is 11.6 Å². The van der Waals surface area contributed by atoms with Crippen LogP contribution in [0.1, 0.15) is 43.0 Å². The number of benzene rings is 1. The summed E-state index contributed by atoms with van der Waals surface area (Å²) >= 11 is 5.67. The molecule has 0 N–H and O–H groups in total. The van der Waals surface area contributed by atoms with Crippen molar-refractivity contribution in [1.82, 2.24) is 9.97 Å². The predicted molar refractivity (Wildman–Crippen MR) is 91.9 cm³/mol. The highest BCUT2D eigenvalue weighted by Crippen LogP contribution is 2.35. The molecule has 0 radical (unpaired) electrons. The lowest BCUT2D eigenvalue weighted by molar-refractivity contribution is 0.366. The van der Waals surface area contributed by atoms with Crippen molar-refractivity contribution in [1.29, 1.82) is 0 Å². The first-order valence-corrected chi connectivity index (χ1v) is 8.36. The van der Waals surface area contributed by atoms with Crippen LogP contribution in [0.4, 0.5) is 0 Å². The van der Waals surface area contributed by atoms with Gasteiger partial charge in [-0.15, -0.1) is 0 Å². The normalized spacial score (nSPS) is 22.1.